The van der Waals surface area contributed by atoms with Gasteiger partial charge in [-0.05, 0) is 43.2 Å². The fraction of sp³-hybridized carbons (Fsp3) is 0.667. The first-order valence-corrected chi connectivity index (χ1v) is 6.78. The third-order valence-electron chi connectivity index (χ3n) is 2.94. The monoisotopic (exact) mass is 263 g/mol. The van der Waals surface area contributed by atoms with Crippen LogP contribution in [-0.2, 0) is 0 Å². The van der Waals surface area contributed by atoms with Crippen LogP contribution >= 0.6 is 11.3 Å². The van der Waals surface area contributed by atoms with Gasteiger partial charge in [-0.1, -0.05) is 6.07 Å². The Hall–Kier alpha value is -0.550. The number of halogens is 3. The van der Waals surface area contributed by atoms with Crippen molar-refractivity contribution in [3.63, 3.8) is 0 Å². The van der Waals surface area contributed by atoms with E-state index in [0.717, 1.165) is 0 Å². The Morgan fingerprint density at radius 3 is 2.71 bits per heavy atom. The van der Waals surface area contributed by atoms with Gasteiger partial charge in [-0.15, -0.1) is 11.3 Å². The van der Waals surface area contributed by atoms with Crippen LogP contribution in [0.1, 0.15) is 36.6 Å². The molecule has 0 aliphatic heterocycles. The second-order valence-corrected chi connectivity index (χ2v) is 5.48. The van der Waals surface area contributed by atoms with Gasteiger partial charge in [0.2, 0.25) is 0 Å². The van der Waals surface area contributed by atoms with E-state index in [9.17, 15) is 13.2 Å². The van der Waals surface area contributed by atoms with E-state index >= 15 is 0 Å². The fourth-order valence-corrected chi connectivity index (χ4v) is 2.84. The van der Waals surface area contributed by atoms with Crippen LogP contribution in [0.2, 0.25) is 0 Å². The maximum absolute atomic E-state index is 12.0. The van der Waals surface area contributed by atoms with Gasteiger partial charge >= 0.3 is 6.18 Å². The molecular formula is C12H16F3NS. The summed E-state index contributed by atoms with van der Waals surface area (Å²) in [5.74, 6) is 0.625. The molecule has 1 N–H and O–H groups in total. The molecule has 1 heterocycles. The van der Waals surface area contributed by atoms with Gasteiger partial charge in [-0.2, -0.15) is 13.2 Å². The molecule has 17 heavy (non-hydrogen) atoms. The summed E-state index contributed by atoms with van der Waals surface area (Å²) in [6, 6.07) is 4.32. The molecule has 1 aliphatic rings. The zero-order valence-corrected chi connectivity index (χ0v) is 10.3. The number of nitrogens with one attached hydrogen (secondary N) is 1. The molecule has 1 saturated carbocycles. The molecule has 0 amide bonds. The van der Waals surface area contributed by atoms with Gasteiger partial charge < -0.3 is 5.32 Å². The largest absolute Gasteiger partial charge is 0.389 e. The zero-order chi connectivity index (χ0) is 12.3. The third kappa shape index (κ3) is 4.32. The first-order chi connectivity index (χ1) is 8.06. The Morgan fingerprint density at radius 2 is 2.18 bits per heavy atom. The summed E-state index contributed by atoms with van der Waals surface area (Å²) in [6.07, 6.45) is -2.18. The fourth-order valence-electron chi connectivity index (χ4n) is 1.94. The van der Waals surface area contributed by atoms with Crippen LogP contribution in [0.15, 0.2) is 17.5 Å². The molecule has 96 valence electrons. The van der Waals surface area contributed by atoms with E-state index in [1.54, 1.807) is 11.3 Å². The molecule has 1 aromatic rings. The average Bonchev–Trinajstić information content (AvgIpc) is 2.92. The first-order valence-electron chi connectivity index (χ1n) is 5.90. The lowest BCUT2D eigenvalue weighted by atomic mass is 10.1. The average molecular weight is 263 g/mol. The van der Waals surface area contributed by atoms with E-state index in [4.69, 9.17) is 0 Å². The molecule has 1 aromatic heterocycles. The van der Waals surface area contributed by atoms with E-state index in [0.29, 0.717) is 12.5 Å². The summed E-state index contributed by atoms with van der Waals surface area (Å²) in [6.45, 7) is 0.443. The highest BCUT2D eigenvalue weighted by Gasteiger charge is 2.33. The Labute approximate surface area is 103 Å². The van der Waals surface area contributed by atoms with Crippen molar-refractivity contribution in [2.75, 3.05) is 6.54 Å². The van der Waals surface area contributed by atoms with E-state index < -0.39 is 12.6 Å². The molecule has 1 unspecified atom stereocenters. The van der Waals surface area contributed by atoms with Crippen molar-refractivity contribution in [2.45, 2.75) is 37.9 Å². The Kier molecular flexibility index (Phi) is 4.09. The van der Waals surface area contributed by atoms with Crippen LogP contribution in [0, 0.1) is 5.92 Å². The zero-order valence-electron chi connectivity index (χ0n) is 9.46. The van der Waals surface area contributed by atoms with Crippen LogP contribution in [0.5, 0.6) is 0 Å². The van der Waals surface area contributed by atoms with Crippen molar-refractivity contribution in [1.82, 2.24) is 5.32 Å². The Balaban J connectivity index is 1.76. The van der Waals surface area contributed by atoms with Crippen molar-refractivity contribution in [1.29, 1.82) is 0 Å². The number of thiophene rings is 1. The van der Waals surface area contributed by atoms with Gasteiger partial charge in [0.25, 0.3) is 0 Å². The van der Waals surface area contributed by atoms with Gasteiger partial charge in [-0.3, -0.25) is 0 Å². The molecule has 0 radical (unpaired) electrons. The van der Waals surface area contributed by atoms with Crippen molar-refractivity contribution >= 4 is 11.3 Å². The molecule has 1 fully saturated rings. The molecule has 0 spiro atoms. The normalized spacial score (nSPS) is 18.3. The van der Waals surface area contributed by atoms with Gasteiger partial charge in [-0.25, -0.2) is 0 Å². The minimum absolute atomic E-state index is 0.165. The predicted molar refractivity (Wildman–Crippen MR) is 63.1 cm³/mol. The number of alkyl halides is 3. The topological polar surface area (TPSA) is 12.0 Å². The molecule has 0 bridgehead atoms. The van der Waals surface area contributed by atoms with Gasteiger partial charge in [0.15, 0.2) is 0 Å². The van der Waals surface area contributed by atoms with Crippen molar-refractivity contribution in [3.05, 3.63) is 22.4 Å². The molecular weight excluding hydrogens is 247 g/mol. The van der Waals surface area contributed by atoms with Gasteiger partial charge in [0, 0.05) is 17.3 Å². The minimum atomic E-state index is -4.03. The maximum Gasteiger partial charge on any atom is 0.389 e. The standard InChI is InChI=1S/C12H16F3NS/c13-12(14,15)6-2-7-16-11(9-4-5-9)10-3-1-8-17-10/h1,3,8-9,11,16H,2,4-7H2. The summed E-state index contributed by atoms with van der Waals surface area (Å²) in [5.41, 5.74) is 0. The quantitative estimate of drug-likeness (QED) is 0.761. The minimum Gasteiger partial charge on any atom is -0.309 e. The van der Waals surface area contributed by atoms with E-state index in [-0.39, 0.29) is 12.5 Å². The maximum atomic E-state index is 12.0. The second-order valence-electron chi connectivity index (χ2n) is 4.50. The Morgan fingerprint density at radius 1 is 1.41 bits per heavy atom. The van der Waals surface area contributed by atoms with Crippen LogP contribution in [0.4, 0.5) is 13.2 Å². The molecule has 0 saturated heterocycles. The molecule has 0 aromatic carbocycles. The molecule has 1 atom stereocenters. The van der Waals surface area contributed by atoms with Crippen LogP contribution in [0.3, 0.4) is 0 Å². The number of rotatable bonds is 6. The van der Waals surface area contributed by atoms with Gasteiger partial charge in [0.05, 0.1) is 0 Å². The number of hydrogen-bond donors (Lipinski definition) is 1. The van der Waals surface area contributed by atoms with Crippen LogP contribution < -0.4 is 5.32 Å². The predicted octanol–water partition coefficient (Wildman–Crippen LogP) is 4.13. The van der Waals surface area contributed by atoms with Gasteiger partial charge in [0.1, 0.15) is 0 Å². The second kappa shape index (κ2) is 5.40. The molecule has 1 aliphatic carbocycles. The highest BCUT2D eigenvalue weighted by atomic mass is 32.1. The molecule has 5 heteroatoms. The van der Waals surface area contributed by atoms with Crippen LogP contribution in [-0.4, -0.2) is 12.7 Å². The first kappa shape index (κ1) is 12.9. The highest BCUT2D eigenvalue weighted by molar-refractivity contribution is 7.10. The summed E-state index contributed by atoms with van der Waals surface area (Å²) in [4.78, 5) is 1.25. The van der Waals surface area contributed by atoms with Crippen molar-refractivity contribution < 1.29 is 13.2 Å². The summed E-state index contributed by atoms with van der Waals surface area (Å²) >= 11 is 1.68. The highest BCUT2D eigenvalue weighted by Crippen LogP contribution is 2.42. The summed E-state index contributed by atoms with van der Waals surface area (Å²) in [5, 5.41) is 5.28. The van der Waals surface area contributed by atoms with E-state index in [1.165, 1.54) is 17.7 Å². The lowest BCUT2D eigenvalue weighted by Gasteiger charge is -2.17. The number of hydrogen-bond acceptors (Lipinski definition) is 2. The van der Waals surface area contributed by atoms with E-state index in [1.807, 2.05) is 11.4 Å². The summed E-state index contributed by atoms with van der Waals surface area (Å²) in [7, 11) is 0. The Bertz CT molecular complexity index is 330. The molecule has 1 nitrogen and oxygen atoms in total. The van der Waals surface area contributed by atoms with Crippen LogP contribution in [0.25, 0.3) is 0 Å². The third-order valence-corrected chi connectivity index (χ3v) is 3.90. The summed E-state index contributed by atoms with van der Waals surface area (Å²) < 4.78 is 36.0. The lowest BCUT2D eigenvalue weighted by molar-refractivity contribution is -0.135. The molecule has 2 rings (SSSR count). The van der Waals surface area contributed by atoms with Crippen molar-refractivity contribution in [2.24, 2.45) is 5.92 Å². The van der Waals surface area contributed by atoms with Crippen molar-refractivity contribution in [3.8, 4) is 0 Å². The smallest absolute Gasteiger partial charge is 0.309 e. The SMILES string of the molecule is FC(F)(F)CCCNC(c1cccs1)C1CC1. The lowest BCUT2D eigenvalue weighted by Crippen LogP contribution is -2.24. The van der Waals surface area contributed by atoms with E-state index in [2.05, 4.69) is 11.4 Å².